The van der Waals surface area contributed by atoms with Gasteiger partial charge in [0.05, 0.1) is 6.54 Å². The summed E-state index contributed by atoms with van der Waals surface area (Å²) >= 11 is 0. The Morgan fingerprint density at radius 1 is 1.05 bits per heavy atom. The number of rotatable bonds is 6. The van der Waals surface area contributed by atoms with Gasteiger partial charge in [-0.3, -0.25) is 9.69 Å². The fourth-order valence-electron chi connectivity index (χ4n) is 3.75. The van der Waals surface area contributed by atoms with Gasteiger partial charge in [0.25, 0.3) is 0 Å². The van der Waals surface area contributed by atoms with E-state index in [1.807, 2.05) is 0 Å². The van der Waals surface area contributed by atoms with Crippen molar-refractivity contribution < 1.29 is 4.79 Å². The van der Waals surface area contributed by atoms with E-state index in [0.29, 0.717) is 24.5 Å². The molecule has 1 aliphatic heterocycles. The fraction of sp³-hybridized carbons (Fsp3) is 0.938. The van der Waals surface area contributed by atoms with E-state index in [2.05, 4.69) is 29.0 Å². The molecule has 4 heteroatoms. The molecular formula is C16H31N3O. The molecule has 1 unspecified atom stereocenters. The average Bonchev–Trinajstić information content (AvgIpc) is 3.00. The SMILES string of the molecule is CCN(CC(=O)N(CC)C1CCCCC1)C1CCNC1. The number of amides is 1. The quantitative estimate of drug-likeness (QED) is 0.807. The molecule has 2 fully saturated rings. The highest BCUT2D eigenvalue weighted by Gasteiger charge is 2.28. The van der Waals surface area contributed by atoms with Crippen molar-refractivity contribution >= 4 is 5.91 Å². The topological polar surface area (TPSA) is 35.6 Å². The van der Waals surface area contributed by atoms with Crippen molar-refractivity contribution in [2.45, 2.75) is 64.5 Å². The number of nitrogens with zero attached hydrogens (tertiary/aromatic N) is 2. The van der Waals surface area contributed by atoms with E-state index >= 15 is 0 Å². The lowest BCUT2D eigenvalue weighted by Gasteiger charge is -2.36. The second kappa shape index (κ2) is 7.99. The lowest BCUT2D eigenvalue weighted by atomic mass is 9.94. The summed E-state index contributed by atoms with van der Waals surface area (Å²) in [7, 11) is 0. The number of nitrogens with one attached hydrogen (secondary N) is 1. The second-order valence-electron chi connectivity index (χ2n) is 6.18. The van der Waals surface area contributed by atoms with Crippen molar-refractivity contribution in [2.24, 2.45) is 0 Å². The molecule has 2 rings (SSSR count). The first-order valence-corrected chi connectivity index (χ1v) is 8.50. The second-order valence-corrected chi connectivity index (χ2v) is 6.18. The Morgan fingerprint density at radius 2 is 1.80 bits per heavy atom. The minimum atomic E-state index is 0.341. The maximum Gasteiger partial charge on any atom is 0.236 e. The van der Waals surface area contributed by atoms with Crippen molar-refractivity contribution in [3.8, 4) is 0 Å². The molecule has 0 bridgehead atoms. The average molecular weight is 281 g/mol. The van der Waals surface area contributed by atoms with Crippen LogP contribution in [-0.4, -0.2) is 60.5 Å². The van der Waals surface area contributed by atoms with Crippen molar-refractivity contribution in [3.05, 3.63) is 0 Å². The predicted octanol–water partition coefficient (Wildman–Crippen LogP) is 1.85. The van der Waals surface area contributed by atoms with Gasteiger partial charge in [0.1, 0.15) is 0 Å². The minimum absolute atomic E-state index is 0.341. The van der Waals surface area contributed by atoms with Crippen LogP contribution in [0, 0.1) is 0 Å². The largest absolute Gasteiger partial charge is 0.339 e. The molecular weight excluding hydrogens is 250 g/mol. The highest BCUT2D eigenvalue weighted by molar-refractivity contribution is 5.78. The molecule has 1 saturated carbocycles. The maximum atomic E-state index is 12.7. The van der Waals surface area contributed by atoms with Crippen LogP contribution in [0.4, 0.5) is 0 Å². The Kier molecular flexibility index (Phi) is 6.30. The van der Waals surface area contributed by atoms with Crippen molar-refractivity contribution in [1.29, 1.82) is 0 Å². The highest BCUT2D eigenvalue weighted by atomic mass is 16.2. The minimum Gasteiger partial charge on any atom is -0.339 e. The number of likely N-dealkylation sites (N-methyl/N-ethyl adjacent to an activating group) is 2. The summed E-state index contributed by atoms with van der Waals surface area (Å²) < 4.78 is 0. The van der Waals surface area contributed by atoms with Crippen LogP contribution in [0.15, 0.2) is 0 Å². The lowest BCUT2D eigenvalue weighted by molar-refractivity contribution is -0.135. The number of hydrogen-bond donors (Lipinski definition) is 1. The van der Waals surface area contributed by atoms with Gasteiger partial charge >= 0.3 is 0 Å². The van der Waals surface area contributed by atoms with Crippen LogP contribution in [0.2, 0.25) is 0 Å². The molecule has 116 valence electrons. The molecule has 0 radical (unpaired) electrons. The van der Waals surface area contributed by atoms with Gasteiger partial charge in [-0.25, -0.2) is 0 Å². The van der Waals surface area contributed by atoms with Crippen LogP contribution in [-0.2, 0) is 4.79 Å². The van der Waals surface area contributed by atoms with Gasteiger partial charge in [-0.1, -0.05) is 26.2 Å². The molecule has 20 heavy (non-hydrogen) atoms. The third kappa shape index (κ3) is 3.95. The van der Waals surface area contributed by atoms with E-state index in [-0.39, 0.29) is 0 Å². The van der Waals surface area contributed by atoms with E-state index in [0.717, 1.165) is 26.2 Å². The normalized spacial score (nSPS) is 24.2. The van der Waals surface area contributed by atoms with Gasteiger partial charge in [-0.2, -0.15) is 0 Å². The molecule has 1 N–H and O–H groups in total. The maximum absolute atomic E-state index is 12.7. The number of hydrogen-bond acceptors (Lipinski definition) is 3. The van der Waals surface area contributed by atoms with Gasteiger partial charge in [0.2, 0.25) is 5.91 Å². The summed E-state index contributed by atoms with van der Waals surface area (Å²) in [6.45, 7) is 8.87. The van der Waals surface area contributed by atoms with Crippen LogP contribution in [0.5, 0.6) is 0 Å². The van der Waals surface area contributed by atoms with E-state index in [9.17, 15) is 4.79 Å². The number of carbonyl (C=O) groups is 1. The van der Waals surface area contributed by atoms with Crippen LogP contribution < -0.4 is 5.32 Å². The Morgan fingerprint density at radius 3 is 2.35 bits per heavy atom. The molecule has 0 aromatic rings. The van der Waals surface area contributed by atoms with Gasteiger partial charge in [-0.15, -0.1) is 0 Å². The summed E-state index contributed by atoms with van der Waals surface area (Å²) in [6.07, 6.45) is 7.51. The zero-order chi connectivity index (χ0) is 14.4. The van der Waals surface area contributed by atoms with Gasteiger partial charge in [0, 0.05) is 25.2 Å². The van der Waals surface area contributed by atoms with E-state index in [1.165, 1.54) is 38.5 Å². The zero-order valence-corrected chi connectivity index (χ0v) is 13.2. The first-order chi connectivity index (χ1) is 9.76. The Balaban J connectivity index is 1.89. The van der Waals surface area contributed by atoms with Crippen molar-refractivity contribution in [3.63, 3.8) is 0 Å². The van der Waals surface area contributed by atoms with Gasteiger partial charge < -0.3 is 10.2 Å². The first-order valence-electron chi connectivity index (χ1n) is 8.50. The molecule has 1 heterocycles. The predicted molar refractivity (Wildman–Crippen MR) is 82.8 cm³/mol. The molecule has 1 amide bonds. The summed E-state index contributed by atoms with van der Waals surface area (Å²) in [4.78, 5) is 17.2. The van der Waals surface area contributed by atoms with E-state index < -0.39 is 0 Å². The van der Waals surface area contributed by atoms with Crippen molar-refractivity contribution in [2.75, 3.05) is 32.7 Å². The smallest absolute Gasteiger partial charge is 0.236 e. The molecule has 2 aliphatic rings. The van der Waals surface area contributed by atoms with Crippen LogP contribution in [0.25, 0.3) is 0 Å². The van der Waals surface area contributed by atoms with Crippen LogP contribution in [0.3, 0.4) is 0 Å². The zero-order valence-electron chi connectivity index (χ0n) is 13.2. The summed E-state index contributed by atoms with van der Waals surface area (Å²) in [6, 6.07) is 1.05. The Bertz CT molecular complexity index is 296. The summed E-state index contributed by atoms with van der Waals surface area (Å²) in [5.74, 6) is 0.341. The molecule has 1 aliphatic carbocycles. The number of carbonyl (C=O) groups excluding carboxylic acids is 1. The molecule has 1 saturated heterocycles. The molecule has 4 nitrogen and oxygen atoms in total. The summed E-state index contributed by atoms with van der Waals surface area (Å²) in [5.41, 5.74) is 0. The lowest BCUT2D eigenvalue weighted by Crippen LogP contribution is -2.49. The summed E-state index contributed by atoms with van der Waals surface area (Å²) in [5, 5.41) is 3.40. The van der Waals surface area contributed by atoms with Gasteiger partial charge in [-0.05, 0) is 39.3 Å². The Labute approximate surface area is 123 Å². The van der Waals surface area contributed by atoms with Crippen LogP contribution in [0.1, 0.15) is 52.4 Å². The molecule has 0 aromatic carbocycles. The third-order valence-electron chi connectivity index (χ3n) is 4.97. The fourth-order valence-corrected chi connectivity index (χ4v) is 3.75. The van der Waals surface area contributed by atoms with E-state index in [1.54, 1.807) is 0 Å². The van der Waals surface area contributed by atoms with E-state index in [4.69, 9.17) is 0 Å². The third-order valence-corrected chi connectivity index (χ3v) is 4.97. The van der Waals surface area contributed by atoms with Crippen LogP contribution >= 0.6 is 0 Å². The van der Waals surface area contributed by atoms with Gasteiger partial charge in [0.15, 0.2) is 0 Å². The van der Waals surface area contributed by atoms with Crippen molar-refractivity contribution in [1.82, 2.24) is 15.1 Å². The molecule has 0 spiro atoms. The standard InChI is InChI=1S/C16H31N3O/c1-3-18(15-10-11-17-12-15)13-16(20)19(4-2)14-8-6-5-7-9-14/h14-15,17H,3-13H2,1-2H3. The molecule has 1 atom stereocenters. The first kappa shape index (κ1) is 15.8. The highest BCUT2D eigenvalue weighted by Crippen LogP contribution is 2.23. The monoisotopic (exact) mass is 281 g/mol. The molecule has 0 aromatic heterocycles. The Hall–Kier alpha value is -0.610.